The van der Waals surface area contributed by atoms with Gasteiger partial charge in [0.15, 0.2) is 11.5 Å². The molecule has 0 radical (unpaired) electrons. The van der Waals surface area contributed by atoms with Gasteiger partial charge < -0.3 is 24.4 Å². The molecule has 0 saturated carbocycles. The van der Waals surface area contributed by atoms with Crippen molar-refractivity contribution in [3.05, 3.63) is 48.0 Å². The summed E-state index contributed by atoms with van der Waals surface area (Å²) in [5.41, 5.74) is 1.26. The maximum Gasteiger partial charge on any atom is 0.243 e. The van der Waals surface area contributed by atoms with E-state index in [1.54, 1.807) is 30.2 Å². The molecule has 0 aromatic heterocycles. The summed E-state index contributed by atoms with van der Waals surface area (Å²) in [6.07, 6.45) is 1.88. The molecule has 1 unspecified atom stereocenters. The summed E-state index contributed by atoms with van der Waals surface area (Å²) in [6.45, 7) is 6.74. The van der Waals surface area contributed by atoms with Crippen LogP contribution in [0.15, 0.2) is 42.5 Å². The lowest BCUT2D eigenvalue weighted by Crippen LogP contribution is -2.50. The molecule has 1 N–H and O–H groups in total. The van der Waals surface area contributed by atoms with Gasteiger partial charge in [0.05, 0.1) is 19.1 Å². The van der Waals surface area contributed by atoms with Crippen molar-refractivity contribution < 1.29 is 32.2 Å². The van der Waals surface area contributed by atoms with Gasteiger partial charge in [-0.25, -0.2) is 8.42 Å². The fourth-order valence-corrected chi connectivity index (χ4v) is 5.42. The highest BCUT2D eigenvalue weighted by Crippen LogP contribution is 2.34. The van der Waals surface area contributed by atoms with Crippen LogP contribution in [0.2, 0.25) is 0 Å². The van der Waals surface area contributed by atoms with Crippen LogP contribution in [0, 0.1) is 0 Å². The van der Waals surface area contributed by atoms with Crippen molar-refractivity contribution in [3.8, 4) is 17.2 Å². The second-order valence-corrected chi connectivity index (χ2v) is 11.6. The van der Waals surface area contributed by atoms with Crippen molar-refractivity contribution in [1.82, 2.24) is 10.2 Å². The van der Waals surface area contributed by atoms with Gasteiger partial charge in [-0.1, -0.05) is 19.1 Å². The average Bonchev–Trinajstić information content (AvgIpc) is 2.89. The standard InChI is InChI=1S/C28H39N3O7S/c1-6-24(28(33)29-20(2)3)30(19-21-9-7-10-23(17-21)36-4)27(32)11-8-14-31(39(5,34)35)22-12-13-25-26(18-22)38-16-15-37-25/h7,9-10,12-13,17-18,20,24H,6,8,11,14-16,19H2,1-5H3,(H,29,33). The summed E-state index contributed by atoms with van der Waals surface area (Å²) in [7, 11) is -2.06. The molecule has 1 aliphatic rings. The topological polar surface area (TPSA) is 114 Å². The molecular formula is C28H39N3O7S. The molecule has 11 heteroatoms. The van der Waals surface area contributed by atoms with E-state index in [0.29, 0.717) is 42.6 Å². The Kier molecular flexibility index (Phi) is 10.4. The molecule has 2 aromatic carbocycles. The molecule has 0 bridgehead atoms. The summed E-state index contributed by atoms with van der Waals surface area (Å²) < 4.78 is 43.0. The van der Waals surface area contributed by atoms with Gasteiger partial charge in [-0.05, 0) is 56.5 Å². The fraction of sp³-hybridized carbons (Fsp3) is 0.500. The minimum Gasteiger partial charge on any atom is -0.497 e. The number of nitrogens with one attached hydrogen (secondary N) is 1. The maximum absolute atomic E-state index is 13.6. The normalized spacial score (nSPS) is 13.5. The van der Waals surface area contributed by atoms with E-state index >= 15 is 0 Å². The number of anilines is 1. The number of methoxy groups -OCH3 is 1. The van der Waals surface area contributed by atoms with Gasteiger partial charge in [0.25, 0.3) is 0 Å². The van der Waals surface area contributed by atoms with E-state index in [1.165, 1.54) is 4.31 Å². The SMILES string of the molecule is CCC(C(=O)NC(C)C)N(Cc1cccc(OC)c1)C(=O)CCCN(c1ccc2c(c1)OCCO2)S(C)(=O)=O. The molecule has 39 heavy (non-hydrogen) atoms. The molecule has 1 aliphatic heterocycles. The van der Waals surface area contributed by atoms with E-state index in [0.717, 1.165) is 11.8 Å². The molecule has 1 heterocycles. The van der Waals surface area contributed by atoms with E-state index < -0.39 is 16.1 Å². The summed E-state index contributed by atoms with van der Waals surface area (Å²) in [4.78, 5) is 28.2. The van der Waals surface area contributed by atoms with Gasteiger partial charge in [-0.15, -0.1) is 0 Å². The van der Waals surface area contributed by atoms with Gasteiger partial charge >= 0.3 is 0 Å². The van der Waals surface area contributed by atoms with Crippen LogP contribution in [-0.2, 0) is 26.2 Å². The molecule has 0 spiro atoms. The van der Waals surface area contributed by atoms with Gasteiger partial charge in [0, 0.05) is 31.6 Å². The molecule has 2 amide bonds. The molecule has 3 rings (SSSR count). The van der Waals surface area contributed by atoms with Crippen molar-refractivity contribution >= 4 is 27.5 Å². The number of fused-ring (bicyclic) bond motifs is 1. The van der Waals surface area contributed by atoms with E-state index in [4.69, 9.17) is 14.2 Å². The first-order valence-corrected chi connectivity index (χ1v) is 15.0. The predicted molar refractivity (Wildman–Crippen MR) is 150 cm³/mol. The van der Waals surface area contributed by atoms with Gasteiger partial charge in [-0.3, -0.25) is 13.9 Å². The smallest absolute Gasteiger partial charge is 0.243 e. The first-order valence-electron chi connectivity index (χ1n) is 13.1. The molecule has 10 nitrogen and oxygen atoms in total. The van der Waals surface area contributed by atoms with Crippen molar-refractivity contribution in [1.29, 1.82) is 0 Å². The zero-order valence-electron chi connectivity index (χ0n) is 23.3. The molecule has 1 atom stereocenters. The summed E-state index contributed by atoms with van der Waals surface area (Å²) >= 11 is 0. The number of hydrogen-bond donors (Lipinski definition) is 1. The Morgan fingerprint density at radius 1 is 1.08 bits per heavy atom. The van der Waals surface area contributed by atoms with E-state index in [9.17, 15) is 18.0 Å². The quantitative estimate of drug-likeness (QED) is 0.399. The second kappa shape index (κ2) is 13.5. The number of hydrogen-bond acceptors (Lipinski definition) is 7. The van der Waals surface area contributed by atoms with Crippen LogP contribution in [0.1, 0.15) is 45.6 Å². The summed E-state index contributed by atoms with van der Waals surface area (Å²) in [6, 6.07) is 11.6. The van der Waals surface area contributed by atoms with Crippen molar-refractivity contribution in [2.24, 2.45) is 0 Å². The van der Waals surface area contributed by atoms with Gasteiger partial charge in [0.2, 0.25) is 21.8 Å². The van der Waals surface area contributed by atoms with Crippen molar-refractivity contribution in [2.75, 3.05) is 37.4 Å². The number of benzene rings is 2. The summed E-state index contributed by atoms with van der Waals surface area (Å²) in [5.74, 6) is 1.24. The van der Waals surface area contributed by atoms with Crippen LogP contribution in [0.4, 0.5) is 5.69 Å². The molecule has 0 aliphatic carbocycles. The first-order chi connectivity index (χ1) is 18.5. The average molecular weight is 562 g/mol. The van der Waals surface area contributed by atoms with Crippen LogP contribution in [-0.4, -0.2) is 70.3 Å². The lowest BCUT2D eigenvalue weighted by molar-refractivity contribution is -0.141. The van der Waals surface area contributed by atoms with Crippen molar-refractivity contribution in [2.45, 2.75) is 58.7 Å². The lowest BCUT2D eigenvalue weighted by Gasteiger charge is -2.31. The Hall–Kier alpha value is -3.47. The van der Waals surface area contributed by atoms with E-state index in [-0.39, 0.29) is 43.8 Å². The summed E-state index contributed by atoms with van der Waals surface area (Å²) in [5, 5.41) is 2.91. The zero-order chi connectivity index (χ0) is 28.6. The van der Waals surface area contributed by atoms with Gasteiger partial charge in [-0.2, -0.15) is 0 Å². The largest absolute Gasteiger partial charge is 0.497 e. The van der Waals surface area contributed by atoms with Crippen LogP contribution >= 0.6 is 0 Å². The molecular weight excluding hydrogens is 522 g/mol. The third-order valence-electron chi connectivity index (χ3n) is 6.27. The number of amides is 2. The monoisotopic (exact) mass is 561 g/mol. The Labute approximate surface area is 231 Å². The minimum absolute atomic E-state index is 0.0615. The van der Waals surface area contributed by atoms with E-state index in [2.05, 4.69) is 5.32 Å². The minimum atomic E-state index is -3.63. The fourth-order valence-electron chi connectivity index (χ4n) is 4.46. The molecule has 0 saturated heterocycles. The number of carbonyl (C=O) groups is 2. The molecule has 2 aromatic rings. The number of nitrogens with zero attached hydrogens (tertiary/aromatic N) is 2. The second-order valence-electron chi connectivity index (χ2n) is 9.73. The van der Waals surface area contributed by atoms with Gasteiger partial charge in [0.1, 0.15) is 25.0 Å². The number of carbonyl (C=O) groups excluding carboxylic acids is 2. The van der Waals surface area contributed by atoms with Crippen LogP contribution in [0.5, 0.6) is 17.2 Å². The first kappa shape index (κ1) is 30.1. The Bertz CT molecular complexity index is 1250. The maximum atomic E-state index is 13.6. The molecule has 0 fully saturated rings. The molecule has 214 valence electrons. The highest BCUT2D eigenvalue weighted by Gasteiger charge is 2.29. The predicted octanol–water partition coefficient (Wildman–Crippen LogP) is 3.34. The van der Waals surface area contributed by atoms with Crippen LogP contribution in [0.3, 0.4) is 0 Å². The lowest BCUT2D eigenvalue weighted by atomic mass is 10.1. The van der Waals surface area contributed by atoms with Crippen LogP contribution < -0.4 is 23.8 Å². The highest BCUT2D eigenvalue weighted by atomic mass is 32.2. The number of sulfonamides is 1. The third-order valence-corrected chi connectivity index (χ3v) is 7.46. The number of rotatable bonds is 13. The zero-order valence-corrected chi connectivity index (χ0v) is 24.1. The highest BCUT2D eigenvalue weighted by molar-refractivity contribution is 7.92. The Balaban J connectivity index is 1.78. The Morgan fingerprint density at radius 2 is 1.79 bits per heavy atom. The Morgan fingerprint density at radius 3 is 2.44 bits per heavy atom. The van der Waals surface area contributed by atoms with Crippen molar-refractivity contribution in [3.63, 3.8) is 0 Å². The number of ether oxygens (including phenoxy) is 3. The van der Waals surface area contributed by atoms with Crippen LogP contribution in [0.25, 0.3) is 0 Å². The third kappa shape index (κ3) is 8.26. The van der Waals surface area contributed by atoms with E-state index in [1.807, 2.05) is 45.0 Å².